The molecule has 0 fully saturated rings. The van der Waals surface area contributed by atoms with E-state index in [9.17, 15) is 0 Å². The molecule has 1 aliphatic rings. The lowest BCUT2D eigenvalue weighted by Crippen LogP contribution is -2.12. The third kappa shape index (κ3) is 1.39. The molecule has 0 saturated carbocycles. The van der Waals surface area contributed by atoms with Crippen molar-refractivity contribution in [1.82, 2.24) is 4.98 Å². The lowest BCUT2D eigenvalue weighted by Gasteiger charge is -2.20. The van der Waals surface area contributed by atoms with Crippen LogP contribution in [0.15, 0.2) is 30.3 Å². The molecule has 0 aliphatic heterocycles. The maximum absolute atomic E-state index is 3.49. The summed E-state index contributed by atoms with van der Waals surface area (Å²) in [5.41, 5.74) is 4.07. The van der Waals surface area contributed by atoms with Gasteiger partial charge in [0.2, 0.25) is 0 Å². The van der Waals surface area contributed by atoms with Gasteiger partial charge in [-0.1, -0.05) is 38.1 Å². The highest BCUT2D eigenvalue weighted by molar-refractivity contribution is 5.87. The molecule has 1 nitrogen and oxygen atoms in total. The van der Waals surface area contributed by atoms with E-state index in [4.69, 9.17) is 0 Å². The molecule has 1 heterocycles. The molecular weight excluding hydrogens is 194 g/mol. The van der Waals surface area contributed by atoms with Crippen LogP contribution in [-0.4, -0.2) is 4.98 Å². The second-order valence-electron chi connectivity index (χ2n) is 5.03. The van der Waals surface area contributed by atoms with Gasteiger partial charge in [0.1, 0.15) is 0 Å². The molecule has 16 heavy (non-hydrogen) atoms. The average molecular weight is 211 g/mol. The first kappa shape index (κ1) is 9.71. The zero-order valence-electron chi connectivity index (χ0n) is 9.83. The highest BCUT2D eigenvalue weighted by Gasteiger charge is 2.19. The lowest BCUT2D eigenvalue weighted by atomic mass is 9.84. The number of hydrogen-bond acceptors (Lipinski definition) is 0. The fourth-order valence-electron chi connectivity index (χ4n) is 2.56. The van der Waals surface area contributed by atoms with Gasteiger partial charge in [0.15, 0.2) is 0 Å². The van der Waals surface area contributed by atoms with Gasteiger partial charge >= 0.3 is 0 Å². The fourth-order valence-corrected chi connectivity index (χ4v) is 2.56. The molecule has 82 valence electrons. The Morgan fingerprint density at radius 3 is 2.88 bits per heavy atom. The molecule has 0 bridgehead atoms. The summed E-state index contributed by atoms with van der Waals surface area (Å²) in [6.45, 7) is 4.60. The number of para-hydroxylation sites is 1. The van der Waals surface area contributed by atoms with Gasteiger partial charge in [0.05, 0.1) is 0 Å². The second-order valence-corrected chi connectivity index (χ2v) is 5.03. The Hall–Kier alpha value is -1.50. The number of aromatic amines is 1. The maximum atomic E-state index is 3.49. The minimum Gasteiger partial charge on any atom is -0.355 e. The quantitative estimate of drug-likeness (QED) is 0.733. The van der Waals surface area contributed by atoms with Crippen LogP contribution in [0.1, 0.15) is 25.1 Å². The molecule has 0 amide bonds. The Balaban J connectivity index is 2.14. The summed E-state index contributed by atoms with van der Waals surface area (Å²) in [4.78, 5) is 3.49. The Morgan fingerprint density at radius 1 is 1.25 bits per heavy atom. The van der Waals surface area contributed by atoms with Crippen LogP contribution < -0.4 is 0 Å². The molecule has 1 aromatic carbocycles. The van der Waals surface area contributed by atoms with E-state index in [1.165, 1.54) is 28.6 Å². The number of hydrogen-bond donors (Lipinski definition) is 1. The summed E-state index contributed by atoms with van der Waals surface area (Å²) < 4.78 is 0. The first-order valence-corrected chi connectivity index (χ1v) is 6.03. The van der Waals surface area contributed by atoms with Crippen molar-refractivity contribution in [3.05, 3.63) is 41.6 Å². The normalized spacial score (nSPS) is 19.3. The zero-order valence-corrected chi connectivity index (χ0v) is 9.83. The zero-order chi connectivity index (χ0) is 11.1. The molecule has 0 saturated heterocycles. The summed E-state index contributed by atoms with van der Waals surface area (Å²) in [5, 5.41) is 1.40. The Labute approximate surface area is 96.2 Å². The van der Waals surface area contributed by atoms with Crippen molar-refractivity contribution in [2.45, 2.75) is 20.3 Å². The number of allylic oxidation sites excluding steroid dienone is 1. The van der Waals surface area contributed by atoms with Crippen LogP contribution >= 0.6 is 0 Å². The second kappa shape index (κ2) is 3.51. The third-order valence-electron chi connectivity index (χ3n) is 3.65. The van der Waals surface area contributed by atoms with Crippen molar-refractivity contribution in [3.63, 3.8) is 0 Å². The molecule has 2 aromatic rings. The average Bonchev–Trinajstić information content (AvgIpc) is 2.66. The summed E-state index contributed by atoms with van der Waals surface area (Å²) in [6, 6.07) is 8.60. The minimum atomic E-state index is 0.687. The Bertz CT molecular complexity index is 546. The van der Waals surface area contributed by atoms with E-state index in [1.54, 1.807) is 0 Å². The summed E-state index contributed by atoms with van der Waals surface area (Å²) in [7, 11) is 0. The van der Waals surface area contributed by atoms with Crippen LogP contribution in [0.3, 0.4) is 0 Å². The van der Waals surface area contributed by atoms with Crippen LogP contribution in [0, 0.1) is 11.8 Å². The van der Waals surface area contributed by atoms with E-state index >= 15 is 0 Å². The standard InChI is InChI=1S/C15H17N/c1-10(2)11-7-8-15-13(9-11)12-5-3-4-6-14(12)16-15/h3-8,10-11,16H,9H2,1-2H3. The molecule has 0 radical (unpaired) electrons. The van der Waals surface area contributed by atoms with E-state index in [0.717, 1.165) is 5.92 Å². The van der Waals surface area contributed by atoms with E-state index in [-0.39, 0.29) is 0 Å². The third-order valence-corrected chi connectivity index (χ3v) is 3.65. The van der Waals surface area contributed by atoms with Crippen LogP contribution in [0.2, 0.25) is 0 Å². The number of rotatable bonds is 1. The highest BCUT2D eigenvalue weighted by atomic mass is 14.7. The van der Waals surface area contributed by atoms with E-state index in [1.807, 2.05) is 0 Å². The van der Waals surface area contributed by atoms with Crippen LogP contribution in [-0.2, 0) is 6.42 Å². The first-order chi connectivity index (χ1) is 7.75. The number of H-pyrrole nitrogens is 1. The van der Waals surface area contributed by atoms with E-state index in [2.05, 4.69) is 55.2 Å². The van der Waals surface area contributed by atoms with Crippen molar-refractivity contribution < 1.29 is 0 Å². The van der Waals surface area contributed by atoms with Crippen molar-refractivity contribution in [1.29, 1.82) is 0 Å². The largest absolute Gasteiger partial charge is 0.355 e. The molecular formula is C15H17N. The molecule has 1 unspecified atom stereocenters. The smallest absolute Gasteiger partial charge is 0.0461 e. The monoisotopic (exact) mass is 211 g/mol. The number of aromatic nitrogens is 1. The van der Waals surface area contributed by atoms with E-state index < -0.39 is 0 Å². The molecule has 0 spiro atoms. The fraction of sp³-hybridized carbons (Fsp3) is 0.333. The van der Waals surface area contributed by atoms with Gasteiger partial charge < -0.3 is 4.98 Å². The van der Waals surface area contributed by atoms with Crippen molar-refractivity contribution in [3.8, 4) is 0 Å². The summed E-state index contributed by atoms with van der Waals surface area (Å²) >= 11 is 0. The highest BCUT2D eigenvalue weighted by Crippen LogP contribution is 2.32. The molecule has 1 N–H and O–H groups in total. The number of benzene rings is 1. The SMILES string of the molecule is CC(C)C1C=Cc2[nH]c3ccccc3c2C1. The van der Waals surface area contributed by atoms with Gasteiger partial charge in [0.25, 0.3) is 0 Å². The summed E-state index contributed by atoms with van der Waals surface area (Å²) in [5.74, 6) is 1.41. The van der Waals surface area contributed by atoms with Gasteiger partial charge in [-0.3, -0.25) is 0 Å². The van der Waals surface area contributed by atoms with Crippen LogP contribution in [0.4, 0.5) is 0 Å². The minimum absolute atomic E-state index is 0.687. The van der Waals surface area contributed by atoms with Crippen LogP contribution in [0.25, 0.3) is 17.0 Å². The Morgan fingerprint density at radius 2 is 2.06 bits per heavy atom. The first-order valence-electron chi connectivity index (χ1n) is 6.03. The molecule has 3 rings (SSSR count). The topological polar surface area (TPSA) is 15.8 Å². The lowest BCUT2D eigenvalue weighted by molar-refractivity contribution is 0.462. The Kier molecular flexibility index (Phi) is 2.13. The van der Waals surface area contributed by atoms with Gasteiger partial charge in [-0.05, 0) is 36.0 Å². The van der Waals surface area contributed by atoms with Gasteiger partial charge in [-0.15, -0.1) is 0 Å². The van der Waals surface area contributed by atoms with E-state index in [0.29, 0.717) is 5.92 Å². The van der Waals surface area contributed by atoms with Gasteiger partial charge in [-0.2, -0.15) is 0 Å². The maximum Gasteiger partial charge on any atom is 0.0461 e. The summed E-state index contributed by atoms with van der Waals surface area (Å²) in [6.07, 6.45) is 5.78. The number of nitrogens with one attached hydrogen (secondary N) is 1. The van der Waals surface area contributed by atoms with Crippen molar-refractivity contribution >= 4 is 17.0 Å². The van der Waals surface area contributed by atoms with Crippen LogP contribution in [0.5, 0.6) is 0 Å². The number of fused-ring (bicyclic) bond motifs is 3. The predicted molar refractivity (Wildman–Crippen MR) is 69.4 cm³/mol. The predicted octanol–water partition coefficient (Wildman–Crippen LogP) is 4.01. The van der Waals surface area contributed by atoms with Crippen molar-refractivity contribution in [2.24, 2.45) is 11.8 Å². The van der Waals surface area contributed by atoms with Gasteiger partial charge in [-0.25, -0.2) is 0 Å². The molecule has 1 atom stereocenters. The molecule has 1 aliphatic carbocycles. The van der Waals surface area contributed by atoms with Crippen molar-refractivity contribution in [2.75, 3.05) is 0 Å². The molecule has 1 heteroatoms. The van der Waals surface area contributed by atoms with Gasteiger partial charge in [0, 0.05) is 16.6 Å². The molecule has 1 aromatic heterocycles.